The van der Waals surface area contributed by atoms with Crippen LogP contribution in [0, 0.1) is 0 Å². The lowest BCUT2D eigenvalue weighted by Gasteiger charge is -2.28. The number of amides is 1. The number of hydrogen-bond donors (Lipinski definition) is 1. The van der Waals surface area contributed by atoms with Gasteiger partial charge >= 0.3 is 0 Å². The number of para-hydroxylation sites is 1. The molecule has 2 aromatic carbocycles. The lowest BCUT2D eigenvalue weighted by Crippen LogP contribution is -2.48. The average molecular weight is 407 g/mol. The van der Waals surface area contributed by atoms with Crippen LogP contribution in [0.5, 0.6) is 11.5 Å². The van der Waals surface area contributed by atoms with Crippen molar-refractivity contribution in [3.63, 3.8) is 0 Å². The van der Waals surface area contributed by atoms with Crippen molar-refractivity contribution in [2.24, 2.45) is 0 Å². The second kappa shape index (κ2) is 9.45. The molecule has 7 nitrogen and oxygen atoms in total. The van der Waals surface area contributed by atoms with Gasteiger partial charge in [-0.15, -0.1) is 0 Å². The lowest BCUT2D eigenvalue weighted by molar-refractivity contribution is -0.121. The number of benzene rings is 2. The maximum absolute atomic E-state index is 12.6. The minimum atomic E-state index is -3.61. The molecule has 0 aromatic heterocycles. The third kappa shape index (κ3) is 5.39. The summed E-state index contributed by atoms with van der Waals surface area (Å²) >= 11 is 0. The summed E-state index contributed by atoms with van der Waals surface area (Å²) in [4.78, 5) is 12.6. The molecule has 152 valence electrons. The molecule has 0 saturated carbocycles. The van der Waals surface area contributed by atoms with Crippen LogP contribution in [0.3, 0.4) is 0 Å². The fraction of sp³-hybridized carbons (Fsp3) is 0.350. The Bertz CT molecular complexity index is 900. The molecule has 0 aliphatic heterocycles. The molecule has 1 amide bonds. The molecule has 8 heteroatoms. The van der Waals surface area contributed by atoms with Gasteiger partial charge in [-0.1, -0.05) is 24.3 Å². The summed E-state index contributed by atoms with van der Waals surface area (Å²) in [6.45, 7) is 1.94. The van der Waals surface area contributed by atoms with Crippen molar-refractivity contribution in [2.45, 2.75) is 19.4 Å². The van der Waals surface area contributed by atoms with Gasteiger partial charge in [-0.25, -0.2) is 8.42 Å². The van der Waals surface area contributed by atoms with Crippen molar-refractivity contribution in [2.75, 3.05) is 31.3 Å². The van der Waals surface area contributed by atoms with Crippen LogP contribution in [-0.4, -0.2) is 47.4 Å². The van der Waals surface area contributed by atoms with Crippen LogP contribution < -0.4 is 19.1 Å². The zero-order valence-electron chi connectivity index (χ0n) is 16.5. The molecule has 0 heterocycles. The Morgan fingerprint density at radius 3 is 2.29 bits per heavy atom. The van der Waals surface area contributed by atoms with Crippen LogP contribution in [0.4, 0.5) is 5.69 Å². The summed E-state index contributed by atoms with van der Waals surface area (Å²) in [6.07, 6.45) is 1.66. The van der Waals surface area contributed by atoms with Crippen LogP contribution in [0.2, 0.25) is 0 Å². The predicted octanol–water partition coefficient (Wildman–Crippen LogP) is 2.22. The smallest absolute Gasteiger partial charge is 0.243 e. The van der Waals surface area contributed by atoms with E-state index in [2.05, 4.69) is 5.32 Å². The van der Waals surface area contributed by atoms with Gasteiger partial charge in [0.1, 0.15) is 6.04 Å². The Hall–Kier alpha value is -2.74. The maximum Gasteiger partial charge on any atom is 0.243 e. The molecule has 0 unspecified atom stereocenters. The minimum absolute atomic E-state index is 0.366. The van der Waals surface area contributed by atoms with E-state index in [0.717, 1.165) is 16.1 Å². The van der Waals surface area contributed by atoms with Crippen LogP contribution in [0.1, 0.15) is 12.5 Å². The normalized spacial score (nSPS) is 12.1. The molecular formula is C20H26N2O5S. The molecule has 0 saturated heterocycles. The van der Waals surface area contributed by atoms with Gasteiger partial charge < -0.3 is 14.8 Å². The Morgan fingerprint density at radius 2 is 1.71 bits per heavy atom. The van der Waals surface area contributed by atoms with E-state index >= 15 is 0 Å². The van der Waals surface area contributed by atoms with Crippen molar-refractivity contribution in [1.29, 1.82) is 0 Å². The SMILES string of the molecule is COc1ccc(CCNC(=O)[C@@H](C)N(c2ccccc2)S(C)(=O)=O)cc1OC. The maximum atomic E-state index is 12.6. The molecule has 0 radical (unpaired) electrons. The highest BCUT2D eigenvalue weighted by Crippen LogP contribution is 2.27. The zero-order valence-corrected chi connectivity index (χ0v) is 17.3. The largest absolute Gasteiger partial charge is 0.493 e. The number of carbonyl (C=O) groups excluding carboxylic acids is 1. The van der Waals surface area contributed by atoms with E-state index in [0.29, 0.717) is 30.2 Å². The van der Waals surface area contributed by atoms with Crippen molar-refractivity contribution in [3.8, 4) is 11.5 Å². The molecule has 28 heavy (non-hydrogen) atoms. The fourth-order valence-electron chi connectivity index (χ4n) is 2.90. The first-order valence-electron chi connectivity index (χ1n) is 8.81. The summed E-state index contributed by atoms with van der Waals surface area (Å²) in [5.74, 6) is 0.886. The van der Waals surface area contributed by atoms with E-state index in [1.165, 1.54) is 0 Å². The van der Waals surface area contributed by atoms with E-state index in [1.807, 2.05) is 12.1 Å². The topological polar surface area (TPSA) is 84.9 Å². The Labute approximate surface area is 166 Å². The standard InChI is InChI=1S/C20H26N2O5S/c1-15(22(28(4,24)25)17-8-6-5-7-9-17)20(23)21-13-12-16-10-11-18(26-2)19(14-16)27-3/h5-11,14-15H,12-13H2,1-4H3,(H,21,23)/t15-/m1/s1. The van der Waals surface area contributed by atoms with E-state index in [4.69, 9.17) is 9.47 Å². The molecule has 0 aliphatic carbocycles. The van der Waals surface area contributed by atoms with E-state index in [9.17, 15) is 13.2 Å². The van der Waals surface area contributed by atoms with Crippen molar-refractivity contribution < 1.29 is 22.7 Å². The van der Waals surface area contributed by atoms with Gasteiger partial charge in [0, 0.05) is 6.54 Å². The van der Waals surface area contributed by atoms with Crippen LogP contribution in [0.15, 0.2) is 48.5 Å². The van der Waals surface area contributed by atoms with Gasteiger partial charge in [0.25, 0.3) is 0 Å². The first-order valence-corrected chi connectivity index (χ1v) is 10.7. The highest BCUT2D eigenvalue weighted by atomic mass is 32.2. The monoisotopic (exact) mass is 406 g/mol. The second-order valence-corrected chi connectivity index (χ2v) is 8.16. The number of carbonyl (C=O) groups is 1. The number of anilines is 1. The van der Waals surface area contributed by atoms with Gasteiger partial charge in [0.15, 0.2) is 11.5 Å². The number of rotatable bonds is 9. The molecule has 0 aliphatic rings. The molecule has 0 fully saturated rings. The van der Waals surface area contributed by atoms with Crippen LogP contribution >= 0.6 is 0 Å². The van der Waals surface area contributed by atoms with E-state index < -0.39 is 16.1 Å². The van der Waals surface area contributed by atoms with Gasteiger partial charge in [-0.3, -0.25) is 9.10 Å². The van der Waals surface area contributed by atoms with Crippen molar-refractivity contribution in [1.82, 2.24) is 5.32 Å². The molecule has 2 aromatic rings. The highest BCUT2D eigenvalue weighted by molar-refractivity contribution is 7.92. The summed E-state index contributed by atoms with van der Waals surface area (Å²) in [5, 5.41) is 2.80. The van der Waals surface area contributed by atoms with Crippen molar-refractivity contribution in [3.05, 3.63) is 54.1 Å². The molecule has 1 N–H and O–H groups in total. The molecular weight excluding hydrogens is 380 g/mol. The van der Waals surface area contributed by atoms with Gasteiger partial charge in [0.05, 0.1) is 26.2 Å². The number of nitrogens with one attached hydrogen (secondary N) is 1. The van der Waals surface area contributed by atoms with Gasteiger partial charge in [-0.05, 0) is 43.2 Å². The summed E-state index contributed by atoms with van der Waals surface area (Å²) in [6, 6.07) is 13.2. The predicted molar refractivity (Wildman–Crippen MR) is 109 cm³/mol. The summed E-state index contributed by atoms with van der Waals surface area (Å²) < 4.78 is 36.1. The molecule has 2 rings (SSSR count). The third-order valence-corrected chi connectivity index (χ3v) is 5.50. The Morgan fingerprint density at radius 1 is 1.07 bits per heavy atom. The summed E-state index contributed by atoms with van der Waals surface area (Å²) in [5.41, 5.74) is 1.42. The quantitative estimate of drug-likeness (QED) is 0.690. The first kappa shape index (κ1) is 21.6. The number of sulfonamides is 1. The molecule has 0 spiro atoms. The number of methoxy groups -OCH3 is 2. The number of nitrogens with zero attached hydrogens (tertiary/aromatic N) is 1. The fourth-order valence-corrected chi connectivity index (χ4v) is 4.07. The van der Waals surface area contributed by atoms with Gasteiger partial charge in [-0.2, -0.15) is 0 Å². The van der Waals surface area contributed by atoms with E-state index in [1.54, 1.807) is 57.5 Å². The van der Waals surface area contributed by atoms with E-state index in [-0.39, 0.29) is 5.91 Å². The average Bonchev–Trinajstić information content (AvgIpc) is 2.67. The Kier molecular flexibility index (Phi) is 7.28. The van der Waals surface area contributed by atoms with Crippen LogP contribution in [0.25, 0.3) is 0 Å². The number of ether oxygens (including phenoxy) is 2. The molecule has 0 bridgehead atoms. The number of hydrogen-bond acceptors (Lipinski definition) is 5. The van der Waals surface area contributed by atoms with Gasteiger partial charge in [0.2, 0.25) is 15.9 Å². The van der Waals surface area contributed by atoms with Crippen LogP contribution in [-0.2, 0) is 21.2 Å². The molecule has 1 atom stereocenters. The second-order valence-electron chi connectivity index (χ2n) is 6.30. The highest BCUT2D eigenvalue weighted by Gasteiger charge is 2.28. The zero-order chi connectivity index (χ0) is 20.7. The third-order valence-electron chi connectivity index (χ3n) is 4.26. The lowest BCUT2D eigenvalue weighted by atomic mass is 10.1. The minimum Gasteiger partial charge on any atom is -0.493 e. The Balaban J connectivity index is 2.03. The summed E-state index contributed by atoms with van der Waals surface area (Å²) in [7, 11) is -0.481. The first-order chi connectivity index (χ1) is 13.3. The van der Waals surface area contributed by atoms with Crippen molar-refractivity contribution >= 4 is 21.6 Å².